The second-order valence-electron chi connectivity index (χ2n) is 9.89. The molecule has 1 aromatic rings. The molecule has 0 bridgehead atoms. The standard InChI is InChI=1S/C25H31NO/c1-24-12-10-20(27)16-18(24)6-8-21-22-9-7-17(15-19-5-3-4-14-26-19)25(22,2)13-11-23(21)24/h3-5,14-16,21-23H,6-13H2,1-2H3/b17-15+/t21-,22-,23-,24-,25+/m0/s1. The van der Waals surface area contributed by atoms with Crippen molar-refractivity contribution in [3.63, 3.8) is 0 Å². The lowest BCUT2D eigenvalue weighted by molar-refractivity contribution is -0.117. The van der Waals surface area contributed by atoms with Gasteiger partial charge in [-0.2, -0.15) is 0 Å². The number of carbonyl (C=O) groups excluding carboxylic acids is 1. The van der Waals surface area contributed by atoms with E-state index in [4.69, 9.17) is 0 Å². The second-order valence-corrected chi connectivity index (χ2v) is 9.89. The Kier molecular flexibility index (Phi) is 3.97. The van der Waals surface area contributed by atoms with Crippen molar-refractivity contribution in [2.45, 2.75) is 65.2 Å². The van der Waals surface area contributed by atoms with Crippen LogP contribution >= 0.6 is 0 Å². The molecule has 0 aromatic carbocycles. The molecule has 0 spiro atoms. The number of allylic oxidation sites excluding steroid dienone is 2. The average Bonchev–Trinajstić information content (AvgIpc) is 3.00. The van der Waals surface area contributed by atoms with Crippen LogP contribution in [0.1, 0.15) is 70.9 Å². The van der Waals surface area contributed by atoms with Gasteiger partial charge in [0.1, 0.15) is 0 Å². The van der Waals surface area contributed by atoms with Crippen LogP contribution in [0, 0.1) is 28.6 Å². The predicted molar refractivity (Wildman–Crippen MR) is 109 cm³/mol. The first-order valence-electron chi connectivity index (χ1n) is 10.9. The minimum atomic E-state index is 0.283. The van der Waals surface area contributed by atoms with Gasteiger partial charge in [0.25, 0.3) is 0 Å². The summed E-state index contributed by atoms with van der Waals surface area (Å²) in [5.74, 6) is 2.77. The molecule has 4 aliphatic carbocycles. The summed E-state index contributed by atoms with van der Waals surface area (Å²) in [5, 5.41) is 0. The highest BCUT2D eigenvalue weighted by molar-refractivity contribution is 5.91. The summed E-state index contributed by atoms with van der Waals surface area (Å²) in [6.07, 6.45) is 15.8. The molecule has 2 heteroatoms. The maximum absolute atomic E-state index is 12.0. The molecule has 1 heterocycles. The van der Waals surface area contributed by atoms with Gasteiger partial charge in [-0.1, -0.05) is 31.1 Å². The summed E-state index contributed by atoms with van der Waals surface area (Å²) < 4.78 is 0. The van der Waals surface area contributed by atoms with Crippen LogP contribution in [-0.2, 0) is 4.79 Å². The lowest BCUT2D eigenvalue weighted by atomic mass is 9.47. The number of ketones is 1. The van der Waals surface area contributed by atoms with Crippen LogP contribution in [-0.4, -0.2) is 10.8 Å². The number of pyridine rings is 1. The van der Waals surface area contributed by atoms with Crippen molar-refractivity contribution in [2.24, 2.45) is 28.6 Å². The topological polar surface area (TPSA) is 30.0 Å². The molecule has 142 valence electrons. The monoisotopic (exact) mass is 361 g/mol. The van der Waals surface area contributed by atoms with E-state index in [-0.39, 0.29) is 5.41 Å². The van der Waals surface area contributed by atoms with E-state index in [0.29, 0.717) is 11.2 Å². The van der Waals surface area contributed by atoms with E-state index in [0.717, 1.165) is 42.7 Å². The van der Waals surface area contributed by atoms with Crippen molar-refractivity contribution in [1.82, 2.24) is 4.98 Å². The van der Waals surface area contributed by atoms with Crippen LogP contribution in [0.5, 0.6) is 0 Å². The van der Waals surface area contributed by atoms with Crippen molar-refractivity contribution in [3.05, 3.63) is 47.3 Å². The Morgan fingerprint density at radius 2 is 1.85 bits per heavy atom. The van der Waals surface area contributed by atoms with Crippen molar-refractivity contribution in [2.75, 3.05) is 0 Å². The molecule has 1 aromatic heterocycles. The van der Waals surface area contributed by atoms with Crippen molar-refractivity contribution < 1.29 is 4.79 Å². The smallest absolute Gasteiger partial charge is 0.155 e. The Hall–Kier alpha value is -1.70. The molecule has 0 unspecified atom stereocenters. The first-order valence-corrected chi connectivity index (χ1v) is 10.9. The minimum absolute atomic E-state index is 0.283. The fourth-order valence-electron chi connectivity index (χ4n) is 7.28. The highest BCUT2D eigenvalue weighted by atomic mass is 16.1. The largest absolute Gasteiger partial charge is 0.295 e. The van der Waals surface area contributed by atoms with E-state index in [2.05, 4.69) is 37.0 Å². The van der Waals surface area contributed by atoms with Gasteiger partial charge in [-0.05, 0) is 97.8 Å². The Bertz CT molecular complexity index is 822. The lowest BCUT2D eigenvalue weighted by Gasteiger charge is -2.57. The minimum Gasteiger partial charge on any atom is -0.295 e. The highest BCUT2D eigenvalue weighted by Gasteiger charge is 2.57. The summed E-state index contributed by atoms with van der Waals surface area (Å²) in [5.41, 5.74) is 4.86. The first-order chi connectivity index (χ1) is 13.0. The summed E-state index contributed by atoms with van der Waals surface area (Å²) >= 11 is 0. The zero-order chi connectivity index (χ0) is 18.6. The molecule has 27 heavy (non-hydrogen) atoms. The van der Waals surface area contributed by atoms with E-state index in [1.807, 2.05) is 18.3 Å². The van der Waals surface area contributed by atoms with Crippen LogP contribution in [0.15, 0.2) is 41.6 Å². The molecule has 5 atom stereocenters. The van der Waals surface area contributed by atoms with Crippen molar-refractivity contribution in [1.29, 1.82) is 0 Å². The molecule has 0 aliphatic heterocycles. The van der Waals surface area contributed by atoms with E-state index < -0.39 is 0 Å². The third-order valence-corrected chi connectivity index (χ3v) is 8.82. The highest BCUT2D eigenvalue weighted by Crippen LogP contribution is 2.66. The van der Waals surface area contributed by atoms with Gasteiger partial charge in [0.2, 0.25) is 0 Å². The quantitative estimate of drug-likeness (QED) is 0.614. The van der Waals surface area contributed by atoms with Crippen LogP contribution in [0.25, 0.3) is 6.08 Å². The number of hydrogen-bond donors (Lipinski definition) is 0. The Labute approximate surface area is 163 Å². The van der Waals surface area contributed by atoms with Gasteiger partial charge >= 0.3 is 0 Å². The van der Waals surface area contributed by atoms with Crippen molar-refractivity contribution in [3.8, 4) is 0 Å². The summed E-state index contributed by atoms with van der Waals surface area (Å²) in [4.78, 5) is 16.5. The van der Waals surface area contributed by atoms with E-state index in [1.165, 1.54) is 37.7 Å². The molecule has 0 saturated heterocycles. The molecule has 3 saturated carbocycles. The van der Waals surface area contributed by atoms with Crippen LogP contribution in [0.4, 0.5) is 0 Å². The molecule has 3 fully saturated rings. The Balaban J connectivity index is 1.46. The number of nitrogens with zero attached hydrogens (tertiary/aromatic N) is 1. The van der Waals surface area contributed by atoms with Gasteiger partial charge < -0.3 is 0 Å². The molecule has 0 N–H and O–H groups in total. The number of rotatable bonds is 1. The Morgan fingerprint density at radius 1 is 1.00 bits per heavy atom. The Morgan fingerprint density at radius 3 is 2.67 bits per heavy atom. The molecule has 0 amide bonds. The van der Waals surface area contributed by atoms with E-state index in [1.54, 1.807) is 5.57 Å². The third-order valence-electron chi connectivity index (χ3n) is 8.82. The molecule has 0 radical (unpaired) electrons. The van der Waals surface area contributed by atoms with Crippen LogP contribution in [0.3, 0.4) is 0 Å². The maximum atomic E-state index is 12.0. The zero-order valence-electron chi connectivity index (χ0n) is 16.7. The zero-order valence-corrected chi connectivity index (χ0v) is 16.7. The number of aromatic nitrogens is 1. The fourth-order valence-corrected chi connectivity index (χ4v) is 7.28. The predicted octanol–water partition coefficient (Wildman–Crippen LogP) is 6.00. The number of fused-ring (bicyclic) bond motifs is 5. The summed E-state index contributed by atoms with van der Waals surface area (Å²) in [7, 11) is 0. The fraction of sp³-hybridized carbons (Fsp3) is 0.600. The van der Waals surface area contributed by atoms with E-state index in [9.17, 15) is 4.79 Å². The van der Waals surface area contributed by atoms with Gasteiger partial charge in [0.15, 0.2) is 5.78 Å². The number of carbonyl (C=O) groups is 1. The average molecular weight is 362 g/mol. The van der Waals surface area contributed by atoms with E-state index >= 15 is 0 Å². The molecular weight excluding hydrogens is 330 g/mol. The van der Waals surface area contributed by atoms with Gasteiger partial charge in [-0.3, -0.25) is 9.78 Å². The molecule has 2 nitrogen and oxygen atoms in total. The van der Waals surface area contributed by atoms with Crippen molar-refractivity contribution >= 4 is 11.9 Å². The third kappa shape index (κ3) is 2.59. The maximum Gasteiger partial charge on any atom is 0.155 e. The summed E-state index contributed by atoms with van der Waals surface area (Å²) in [6.45, 7) is 5.01. The van der Waals surface area contributed by atoms with Gasteiger partial charge in [-0.25, -0.2) is 0 Å². The lowest BCUT2D eigenvalue weighted by Crippen LogP contribution is -2.49. The van der Waals surface area contributed by atoms with Gasteiger partial charge in [0.05, 0.1) is 5.69 Å². The SMILES string of the molecule is C[C@]12CCC(=O)C=C1CC[C@@H]1[C@@H]2CC[C@]2(C)/C(=C/c3ccccn3)CC[C@@H]12. The molecule has 5 rings (SSSR count). The van der Waals surface area contributed by atoms with Crippen LogP contribution < -0.4 is 0 Å². The van der Waals surface area contributed by atoms with Gasteiger partial charge in [0, 0.05) is 12.6 Å². The van der Waals surface area contributed by atoms with Gasteiger partial charge in [-0.15, -0.1) is 0 Å². The first kappa shape index (κ1) is 17.4. The summed E-state index contributed by atoms with van der Waals surface area (Å²) in [6, 6.07) is 6.22. The normalized spacial score (nSPS) is 42.3. The van der Waals surface area contributed by atoms with Crippen LogP contribution in [0.2, 0.25) is 0 Å². The number of hydrogen-bond acceptors (Lipinski definition) is 2. The second kappa shape index (κ2) is 6.15. The molecule has 4 aliphatic rings. The molecular formula is C25H31NO.